The van der Waals surface area contributed by atoms with E-state index in [1.807, 2.05) is 24.3 Å². The molecule has 1 fully saturated rings. The SMILES string of the molecule is NCC1(CNc2ccc3ccccc3n2)CC1. The van der Waals surface area contributed by atoms with Crippen molar-refractivity contribution in [1.29, 1.82) is 0 Å². The zero-order chi connectivity index (χ0) is 11.7. The Labute approximate surface area is 101 Å². The Morgan fingerprint density at radius 2 is 2.00 bits per heavy atom. The molecule has 0 spiro atoms. The van der Waals surface area contributed by atoms with Gasteiger partial charge in [-0.1, -0.05) is 18.2 Å². The Balaban J connectivity index is 1.77. The van der Waals surface area contributed by atoms with Crippen LogP contribution in [0, 0.1) is 5.41 Å². The maximum Gasteiger partial charge on any atom is 0.126 e. The van der Waals surface area contributed by atoms with Gasteiger partial charge in [-0.25, -0.2) is 4.98 Å². The number of nitrogens with one attached hydrogen (secondary N) is 1. The van der Waals surface area contributed by atoms with Gasteiger partial charge in [-0.3, -0.25) is 0 Å². The standard InChI is InChI=1S/C14H17N3/c15-9-14(7-8-14)10-16-13-6-5-11-3-1-2-4-12(11)17-13/h1-6H,7-10,15H2,(H,16,17). The van der Waals surface area contributed by atoms with Crippen molar-refractivity contribution < 1.29 is 0 Å². The number of pyridine rings is 1. The third-order valence-corrected chi connectivity index (χ3v) is 3.63. The second kappa shape index (κ2) is 4.00. The van der Waals surface area contributed by atoms with Crippen LogP contribution in [0.1, 0.15) is 12.8 Å². The molecule has 0 radical (unpaired) electrons. The first-order chi connectivity index (χ1) is 8.31. The number of anilines is 1. The summed E-state index contributed by atoms with van der Waals surface area (Å²) in [6.07, 6.45) is 2.48. The van der Waals surface area contributed by atoms with E-state index in [0.717, 1.165) is 24.4 Å². The second-order valence-electron chi connectivity index (χ2n) is 4.95. The number of para-hydroxylation sites is 1. The average molecular weight is 227 g/mol. The molecule has 1 heterocycles. The van der Waals surface area contributed by atoms with Crippen LogP contribution in [0.3, 0.4) is 0 Å². The molecule has 1 aliphatic carbocycles. The highest BCUT2D eigenvalue weighted by Gasteiger charge is 2.40. The molecule has 3 nitrogen and oxygen atoms in total. The molecule has 3 heteroatoms. The largest absolute Gasteiger partial charge is 0.369 e. The van der Waals surface area contributed by atoms with Crippen LogP contribution >= 0.6 is 0 Å². The summed E-state index contributed by atoms with van der Waals surface area (Å²) in [4.78, 5) is 4.59. The van der Waals surface area contributed by atoms with E-state index >= 15 is 0 Å². The molecule has 1 aromatic heterocycles. The molecule has 0 amide bonds. The van der Waals surface area contributed by atoms with Crippen molar-refractivity contribution in [3.8, 4) is 0 Å². The van der Waals surface area contributed by atoms with E-state index in [2.05, 4.69) is 22.4 Å². The maximum atomic E-state index is 5.76. The first kappa shape index (κ1) is 10.5. The molecule has 0 aliphatic heterocycles. The molecule has 17 heavy (non-hydrogen) atoms. The van der Waals surface area contributed by atoms with E-state index in [9.17, 15) is 0 Å². The summed E-state index contributed by atoms with van der Waals surface area (Å²) in [5, 5.41) is 4.58. The number of benzene rings is 1. The minimum Gasteiger partial charge on any atom is -0.369 e. The van der Waals surface area contributed by atoms with Crippen LogP contribution in [-0.4, -0.2) is 18.1 Å². The molecule has 0 unspecified atom stereocenters. The fourth-order valence-electron chi connectivity index (χ4n) is 2.07. The lowest BCUT2D eigenvalue weighted by Gasteiger charge is -2.13. The lowest BCUT2D eigenvalue weighted by Crippen LogP contribution is -2.24. The Morgan fingerprint density at radius 1 is 1.18 bits per heavy atom. The first-order valence-electron chi connectivity index (χ1n) is 6.11. The van der Waals surface area contributed by atoms with Crippen molar-refractivity contribution >= 4 is 16.7 Å². The molecule has 0 atom stereocenters. The molecular weight excluding hydrogens is 210 g/mol. The first-order valence-corrected chi connectivity index (χ1v) is 6.11. The monoisotopic (exact) mass is 227 g/mol. The molecule has 1 saturated carbocycles. The number of nitrogens with zero attached hydrogens (tertiary/aromatic N) is 1. The fourth-order valence-corrected chi connectivity index (χ4v) is 2.07. The normalized spacial score (nSPS) is 17.0. The van der Waals surface area contributed by atoms with Gasteiger partial charge in [0.05, 0.1) is 5.52 Å². The number of fused-ring (bicyclic) bond motifs is 1. The van der Waals surface area contributed by atoms with Crippen molar-refractivity contribution in [3.63, 3.8) is 0 Å². The molecule has 88 valence electrons. The van der Waals surface area contributed by atoms with E-state index in [-0.39, 0.29) is 0 Å². The van der Waals surface area contributed by atoms with Crippen LogP contribution in [0.5, 0.6) is 0 Å². The van der Waals surface area contributed by atoms with Gasteiger partial charge in [0.25, 0.3) is 0 Å². The highest BCUT2D eigenvalue weighted by molar-refractivity contribution is 5.80. The summed E-state index contributed by atoms with van der Waals surface area (Å²) in [7, 11) is 0. The molecule has 0 saturated heterocycles. The lowest BCUT2D eigenvalue weighted by molar-refractivity contribution is 0.555. The predicted octanol–water partition coefficient (Wildman–Crippen LogP) is 2.39. The number of hydrogen-bond donors (Lipinski definition) is 2. The Kier molecular flexibility index (Phi) is 2.48. The Bertz CT molecular complexity index is 532. The lowest BCUT2D eigenvalue weighted by atomic mass is 10.1. The minimum atomic E-state index is 0.341. The van der Waals surface area contributed by atoms with Gasteiger partial charge in [0, 0.05) is 11.9 Å². The van der Waals surface area contributed by atoms with E-state index in [4.69, 9.17) is 5.73 Å². The molecular formula is C14H17N3. The zero-order valence-corrected chi connectivity index (χ0v) is 9.82. The highest BCUT2D eigenvalue weighted by Crippen LogP contribution is 2.44. The molecule has 1 aliphatic rings. The van der Waals surface area contributed by atoms with Crippen molar-refractivity contribution in [2.24, 2.45) is 11.1 Å². The van der Waals surface area contributed by atoms with Gasteiger partial charge in [0.1, 0.15) is 5.82 Å². The van der Waals surface area contributed by atoms with Crippen LogP contribution in [-0.2, 0) is 0 Å². The van der Waals surface area contributed by atoms with E-state index in [1.54, 1.807) is 0 Å². The fraction of sp³-hybridized carbons (Fsp3) is 0.357. The molecule has 0 bridgehead atoms. The topological polar surface area (TPSA) is 50.9 Å². The summed E-state index contributed by atoms with van der Waals surface area (Å²) in [5.41, 5.74) is 7.14. The predicted molar refractivity (Wildman–Crippen MR) is 71.0 cm³/mol. The maximum absolute atomic E-state index is 5.76. The molecule has 3 N–H and O–H groups in total. The van der Waals surface area contributed by atoms with Gasteiger partial charge in [0.15, 0.2) is 0 Å². The van der Waals surface area contributed by atoms with Crippen molar-refractivity contribution in [3.05, 3.63) is 36.4 Å². The number of nitrogens with two attached hydrogens (primary N) is 1. The van der Waals surface area contributed by atoms with Crippen LogP contribution < -0.4 is 11.1 Å². The number of rotatable bonds is 4. The van der Waals surface area contributed by atoms with Gasteiger partial charge in [-0.15, -0.1) is 0 Å². The highest BCUT2D eigenvalue weighted by atomic mass is 15.0. The van der Waals surface area contributed by atoms with Gasteiger partial charge < -0.3 is 11.1 Å². The molecule has 1 aromatic carbocycles. The second-order valence-corrected chi connectivity index (χ2v) is 4.95. The van der Waals surface area contributed by atoms with Crippen LogP contribution in [0.4, 0.5) is 5.82 Å². The Hall–Kier alpha value is -1.61. The van der Waals surface area contributed by atoms with E-state index in [1.165, 1.54) is 18.2 Å². The smallest absolute Gasteiger partial charge is 0.126 e. The number of aromatic nitrogens is 1. The van der Waals surface area contributed by atoms with Gasteiger partial charge >= 0.3 is 0 Å². The summed E-state index contributed by atoms with van der Waals surface area (Å²) in [6.45, 7) is 1.71. The Morgan fingerprint density at radius 3 is 2.76 bits per heavy atom. The molecule has 2 aromatic rings. The van der Waals surface area contributed by atoms with Gasteiger partial charge in [-0.2, -0.15) is 0 Å². The van der Waals surface area contributed by atoms with Crippen molar-refractivity contribution in [2.45, 2.75) is 12.8 Å². The third-order valence-electron chi connectivity index (χ3n) is 3.63. The summed E-state index contributed by atoms with van der Waals surface area (Å²) >= 11 is 0. The quantitative estimate of drug-likeness (QED) is 0.843. The van der Waals surface area contributed by atoms with Gasteiger partial charge in [-0.05, 0) is 43.0 Å². The summed E-state index contributed by atoms with van der Waals surface area (Å²) in [6, 6.07) is 12.3. The summed E-state index contributed by atoms with van der Waals surface area (Å²) in [5.74, 6) is 0.948. The van der Waals surface area contributed by atoms with E-state index < -0.39 is 0 Å². The van der Waals surface area contributed by atoms with E-state index in [0.29, 0.717) is 5.41 Å². The van der Waals surface area contributed by atoms with Crippen molar-refractivity contribution in [2.75, 3.05) is 18.4 Å². The minimum absolute atomic E-state index is 0.341. The number of hydrogen-bond acceptors (Lipinski definition) is 3. The summed E-state index contributed by atoms with van der Waals surface area (Å²) < 4.78 is 0. The third kappa shape index (κ3) is 2.11. The molecule has 3 rings (SSSR count). The van der Waals surface area contributed by atoms with Crippen LogP contribution in [0.2, 0.25) is 0 Å². The van der Waals surface area contributed by atoms with Crippen LogP contribution in [0.25, 0.3) is 10.9 Å². The zero-order valence-electron chi connectivity index (χ0n) is 9.82. The van der Waals surface area contributed by atoms with Crippen LogP contribution in [0.15, 0.2) is 36.4 Å². The average Bonchev–Trinajstić information content (AvgIpc) is 3.17. The van der Waals surface area contributed by atoms with Gasteiger partial charge in [0.2, 0.25) is 0 Å². The van der Waals surface area contributed by atoms with Crippen molar-refractivity contribution in [1.82, 2.24) is 4.98 Å².